The molecule has 0 spiro atoms. The van der Waals surface area contributed by atoms with Crippen molar-refractivity contribution >= 4 is 41.3 Å². The molecule has 0 radical (unpaired) electrons. The van der Waals surface area contributed by atoms with Crippen molar-refractivity contribution in [1.29, 1.82) is 0 Å². The van der Waals surface area contributed by atoms with Crippen LogP contribution in [0.5, 0.6) is 0 Å². The van der Waals surface area contributed by atoms with Crippen molar-refractivity contribution in [2.75, 3.05) is 17.8 Å². The van der Waals surface area contributed by atoms with Crippen LogP contribution in [0.15, 0.2) is 0 Å². The lowest BCUT2D eigenvalue weighted by atomic mass is 11.0. The van der Waals surface area contributed by atoms with Crippen molar-refractivity contribution in [3.8, 4) is 0 Å². The molecule has 0 amide bonds. The van der Waals surface area contributed by atoms with Gasteiger partial charge in [0, 0.05) is 5.75 Å². The second-order valence-electron chi connectivity index (χ2n) is 3.63. The third kappa shape index (κ3) is 4.19. The Morgan fingerprint density at radius 2 is 1.14 bits per heavy atom. The van der Waals surface area contributed by atoms with Gasteiger partial charge in [-0.05, 0) is 6.26 Å². The van der Waals surface area contributed by atoms with Crippen molar-refractivity contribution in [3.63, 3.8) is 0 Å². The predicted octanol–water partition coefficient (Wildman–Crippen LogP) is 0.917. The first-order valence-electron chi connectivity index (χ1n) is 4.73. The first-order valence-corrected chi connectivity index (χ1v) is 10.9. The summed E-state index contributed by atoms with van der Waals surface area (Å²) < 4.78 is 137. The molecule has 0 aromatic heterocycles. The molecule has 0 rings (SSSR count). The summed E-state index contributed by atoms with van der Waals surface area (Å²) in [6.07, 6.45) is 1.22. The van der Waals surface area contributed by atoms with Crippen LogP contribution in [-0.2, 0) is 29.5 Å². The Hall–Kier alpha value is -0.220. The van der Waals surface area contributed by atoms with Gasteiger partial charge in [0.2, 0.25) is 0 Å². The summed E-state index contributed by atoms with van der Waals surface area (Å²) in [5.41, 5.74) is -13.0. The van der Waals surface area contributed by atoms with Crippen molar-refractivity contribution in [2.45, 2.75) is 14.9 Å². The summed E-state index contributed by atoms with van der Waals surface area (Å²) in [5.74, 6) is -2.09. The van der Waals surface area contributed by atoms with Gasteiger partial charge < -0.3 is 0 Å². The summed E-state index contributed by atoms with van der Waals surface area (Å²) in [7, 11) is -20.1. The van der Waals surface area contributed by atoms with Crippen LogP contribution in [0.25, 0.3) is 0 Å². The largest absolute Gasteiger partial charge is 0.499 e. The molecule has 0 aromatic rings. The summed E-state index contributed by atoms with van der Waals surface area (Å²) in [6, 6.07) is 0. The van der Waals surface area contributed by atoms with E-state index in [1.54, 1.807) is 0 Å². The molecular formula is C6H8F6O6S4. The summed E-state index contributed by atoms with van der Waals surface area (Å²) in [5, 5.41) is 0. The van der Waals surface area contributed by atoms with Crippen LogP contribution in [-0.4, -0.2) is 57.9 Å². The minimum absolute atomic E-state index is 0.598. The molecular weight excluding hydrogens is 410 g/mol. The Labute approximate surface area is 126 Å². The highest BCUT2D eigenvalue weighted by atomic mass is 32.3. The molecule has 0 heterocycles. The first kappa shape index (κ1) is 21.8. The average Bonchev–Trinajstić information content (AvgIpc) is 2.21. The van der Waals surface area contributed by atoms with E-state index in [0.717, 1.165) is 0 Å². The van der Waals surface area contributed by atoms with E-state index in [2.05, 4.69) is 0 Å². The van der Waals surface area contributed by atoms with Gasteiger partial charge in [0.25, 0.3) is 23.6 Å². The lowest BCUT2D eigenvalue weighted by Gasteiger charge is -2.20. The minimum Gasteiger partial charge on any atom is -0.226 e. The van der Waals surface area contributed by atoms with Gasteiger partial charge in [0.15, 0.2) is 9.84 Å². The lowest BCUT2D eigenvalue weighted by Crippen LogP contribution is -2.50. The van der Waals surface area contributed by atoms with Gasteiger partial charge in [-0.1, -0.05) is 0 Å². The molecule has 0 aliphatic carbocycles. The number of thioether (sulfide) groups is 1. The molecule has 134 valence electrons. The Morgan fingerprint density at radius 3 is 1.36 bits per heavy atom. The second kappa shape index (κ2) is 6.35. The molecule has 0 N–H and O–H groups in total. The van der Waals surface area contributed by atoms with Crippen molar-refractivity contribution in [3.05, 3.63) is 0 Å². The SMILES string of the molecule is CSCCS(=O)(=O)C(S(=O)(=O)C(F)(F)F)S(=O)(=O)C(F)(F)F. The summed E-state index contributed by atoms with van der Waals surface area (Å²) in [4.78, 5) is 0. The van der Waals surface area contributed by atoms with Gasteiger partial charge in [-0.3, -0.25) is 0 Å². The van der Waals surface area contributed by atoms with E-state index >= 15 is 0 Å². The van der Waals surface area contributed by atoms with Gasteiger partial charge in [0.1, 0.15) is 0 Å². The van der Waals surface area contributed by atoms with E-state index in [0.29, 0.717) is 11.8 Å². The van der Waals surface area contributed by atoms with E-state index < -0.39 is 55.9 Å². The molecule has 0 saturated heterocycles. The third-order valence-electron chi connectivity index (χ3n) is 2.02. The zero-order chi connectivity index (χ0) is 18.2. The molecule has 0 unspecified atom stereocenters. The van der Waals surface area contributed by atoms with Crippen LogP contribution in [0, 0.1) is 0 Å². The van der Waals surface area contributed by atoms with Gasteiger partial charge >= 0.3 is 11.0 Å². The maximum atomic E-state index is 12.4. The number of halogens is 6. The highest BCUT2D eigenvalue weighted by molar-refractivity contribution is 8.24. The normalized spacial score (nSPS) is 15.3. The van der Waals surface area contributed by atoms with Crippen molar-refractivity contribution in [1.82, 2.24) is 0 Å². The first-order chi connectivity index (χ1) is 9.43. The Kier molecular flexibility index (Phi) is 6.29. The monoisotopic (exact) mass is 418 g/mol. The zero-order valence-electron chi connectivity index (χ0n) is 10.3. The fraction of sp³-hybridized carbons (Fsp3) is 1.00. The van der Waals surface area contributed by atoms with Crippen LogP contribution in [0.4, 0.5) is 26.3 Å². The maximum absolute atomic E-state index is 12.4. The highest BCUT2D eigenvalue weighted by Crippen LogP contribution is 2.38. The molecule has 0 aliphatic rings. The fourth-order valence-corrected chi connectivity index (χ4v) is 9.60. The number of hydrogen-bond acceptors (Lipinski definition) is 7. The van der Waals surface area contributed by atoms with Gasteiger partial charge in [0.05, 0.1) is 5.75 Å². The van der Waals surface area contributed by atoms with E-state index in [-0.39, 0.29) is 0 Å². The topological polar surface area (TPSA) is 102 Å². The van der Waals surface area contributed by atoms with E-state index in [1.165, 1.54) is 6.26 Å². The van der Waals surface area contributed by atoms with Gasteiger partial charge in [-0.2, -0.15) is 38.1 Å². The lowest BCUT2D eigenvalue weighted by molar-refractivity contribution is -0.0462. The molecule has 22 heavy (non-hydrogen) atoms. The van der Waals surface area contributed by atoms with Gasteiger partial charge in [-0.15, -0.1) is 0 Å². The smallest absolute Gasteiger partial charge is 0.226 e. The fourth-order valence-electron chi connectivity index (χ4n) is 1.07. The highest BCUT2D eigenvalue weighted by Gasteiger charge is 2.67. The standard InChI is InChI=1S/C6H8F6O6S4/c1-19-2-3-20(13,14)4(21(15,16)5(7,8)9)22(17,18)6(10,11)12/h4H,2-3H2,1H3. The molecule has 6 nitrogen and oxygen atoms in total. The van der Waals surface area contributed by atoms with Crippen LogP contribution in [0.2, 0.25) is 0 Å². The number of alkyl halides is 6. The molecule has 0 aromatic carbocycles. The average molecular weight is 418 g/mol. The van der Waals surface area contributed by atoms with E-state index in [4.69, 9.17) is 0 Å². The maximum Gasteiger partial charge on any atom is 0.499 e. The molecule has 16 heteroatoms. The van der Waals surface area contributed by atoms with Crippen LogP contribution < -0.4 is 0 Å². The third-order valence-corrected chi connectivity index (χ3v) is 11.4. The predicted molar refractivity (Wildman–Crippen MR) is 65.9 cm³/mol. The molecule has 0 atom stereocenters. The van der Waals surface area contributed by atoms with Crippen molar-refractivity contribution < 1.29 is 51.6 Å². The van der Waals surface area contributed by atoms with Gasteiger partial charge in [-0.25, -0.2) is 25.3 Å². The van der Waals surface area contributed by atoms with Crippen molar-refractivity contribution in [2.24, 2.45) is 0 Å². The quantitative estimate of drug-likeness (QED) is 0.591. The Morgan fingerprint density at radius 1 is 0.818 bits per heavy atom. The molecule has 0 saturated carbocycles. The Balaban J connectivity index is 6.56. The van der Waals surface area contributed by atoms with E-state index in [1.807, 2.05) is 0 Å². The van der Waals surface area contributed by atoms with E-state index in [9.17, 15) is 51.6 Å². The molecule has 0 fully saturated rings. The van der Waals surface area contributed by atoms with Crippen LogP contribution in [0.3, 0.4) is 0 Å². The molecule has 0 bridgehead atoms. The second-order valence-corrected chi connectivity index (χ2v) is 11.8. The number of hydrogen-bond donors (Lipinski definition) is 0. The minimum atomic E-state index is -7.17. The zero-order valence-corrected chi connectivity index (χ0v) is 13.6. The Bertz CT molecular complexity index is 656. The molecule has 0 aliphatic heterocycles. The summed E-state index contributed by atoms with van der Waals surface area (Å²) in [6.45, 7) is 0. The van der Waals surface area contributed by atoms with Crippen LogP contribution >= 0.6 is 11.8 Å². The van der Waals surface area contributed by atoms with Crippen LogP contribution in [0.1, 0.15) is 0 Å². The number of sulfone groups is 3. The number of rotatable bonds is 6. The summed E-state index contributed by atoms with van der Waals surface area (Å²) >= 11 is 0.651.